The average molecular weight is 353 g/mol. The summed E-state index contributed by atoms with van der Waals surface area (Å²) < 4.78 is 1.32. The first kappa shape index (κ1) is 17.9. The maximum atomic E-state index is 13.3. The Labute approximate surface area is 152 Å². The number of carbonyl (C=O) groups is 2. The second-order valence-electron chi connectivity index (χ2n) is 6.72. The molecule has 1 aliphatic heterocycles. The molecule has 6 nitrogen and oxygen atoms in total. The summed E-state index contributed by atoms with van der Waals surface area (Å²) in [6.45, 7) is 4.27. The van der Waals surface area contributed by atoms with Crippen LogP contribution < -0.4 is 10.9 Å². The maximum Gasteiger partial charge on any atom is 0.271 e. The van der Waals surface area contributed by atoms with Crippen molar-refractivity contribution in [3.8, 4) is 0 Å². The van der Waals surface area contributed by atoms with Crippen molar-refractivity contribution in [2.45, 2.75) is 32.9 Å². The molecule has 0 fully saturated rings. The zero-order valence-corrected chi connectivity index (χ0v) is 15.2. The molecular formula is C20H23N3O3. The maximum absolute atomic E-state index is 13.3. The van der Waals surface area contributed by atoms with Crippen LogP contribution in [0.25, 0.3) is 0 Å². The number of carbonyl (C=O) groups excluding carboxylic acids is 2. The summed E-state index contributed by atoms with van der Waals surface area (Å²) in [5.74, 6) is -0.532. The molecule has 3 rings (SSSR count). The van der Waals surface area contributed by atoms with Gasteiger partial charge in [0, 0.05) is 25.3 Å². The Morgan fingerprint density at radius 1 is 1.19 bits per heavy atom. The van der Waals surface area contributed by atoms with Crippen molar-refractivity contribution in [1.29, 1.82) is 0 Å². The molecule has 0 spiro atoms. The highest BCUT2D eigenvalue weighted by Crippen LogP contribution is 2.28. The number of amides is 2. The third kappa shape index (κ3) is 3.14. The second-order valence-corrected chi connectivity index (χ2v) is 6.72. The molecule has 1 aromatic carbocycles. The number of para-hydroxylation sites is 1. The molecule has 136 valence electrons. The minimum absolute atomic E-state index is 0.0194. The summed E-state index contributed by atoms with van der Waals surface area (Å²) >= 11 is 0. The number of fused-ring (bicyclic) bond motifs is 1. The first-order chi connectivity index (χ1) is 12.4. The van der Waals surface area contributed by atoms with Crippen LogP contribution in [-0.2, 0) is 18.4 Å². The van der Waals surface area contributed by atoms with Gasteiger partial charge >= 0.3 is 0 Å². The molecule has 26 heavy (non-hydrogen) atoms. The molecule has 1 aromatic heterocycles. The van der Waals surface area contributed by atoms with E-state index in [1.165, 1.54) is 10.6 Å². The van der Waals surface area contributed by atoms with Crippen LogP contribution in [-0.4, -0.2) is 27.3 Å². The van der Waals surface area contributed by atoms with E-state index in [2.05, 4.69) is 5.32 Å². The van der Waals surface area contributed by atoms with Gasteiger partial charge in [0.2, 0.25) is 5.91 Å². The molecule has 0 radical (unpaired) electrons. The molecule has 0 bridgehead atoms. The molecule has 2 atom stereocenters. The molecule has 2 heterocycles. The molecule has 6 heteroatoms. The van der Waals surface area contributed by atoms with Crippen LogP contribution in [0.3, 0.4) is 0 Å². The minimum atomic E-state index is -0.602. The molecule has 1 N–H and O–H groups in total. The lowest BCUT2D eigenvalue weighted by molar-refractivity contribution is -0.122. The van der Waals surface area contributed by atoms with E-state index in [1.54, 1.807) is 24.1 Å². The van der Waals surface area contributed by atoms with Gasteiger partial charge in [-0.1, -0.05) is 44.5 Å². The first-order valence-corrected chi connectivity index (χ1v) is 8.79. The minimum Gasteiger partial charge on any atom is -0.324 e. The number of nitrogens with zero attached hydrogens (tertiary/aromatic N) is 2. The SMILES string of the molecule is CC[C@H](C)[C@H]1C(=O)Nc2ccccc2CN1C(=O)c1cccc(=O)n1C. The molecule has 0 unspecified atom stereocenters. The topological polar surface area (TPSA) is 71.4 Å². The lowest BCUT2D eigenvalue weighted by Gasteiger charge is -2.32. The zero-order valence-electron chi connectivity index (χ0n) is 15.2. The van der Waals surface area contributed by atoms with Gasteiger partial charge in [0.1, 0.15) is 11.7 Å². The number of rotatable bonds is 3. The van der Waals surface area contributed by atoms with Crippen molar-refractivity contribution in [1.82, 2.24) is 9.47 Å². The van der Waals surface area contributed by atoms with Gasteiger partial charge in [0.25, 0.3) is 11.5 Å². The van der Waals surface area contributed by atoms with E-state index >= 15 is 0 Å². The highest BCUT2D eigenvalue weighted by atomic mass is 16.2. The predicted molar refractivity (Wildman–Crippen MR) is 99.9 cm³/mol. The van der Waals surface area contributed by atoms with E-state index in [0.29, 0.717) is 6.54 Å². The fraction of sp³-hybridized carbons (Fsp3) is 0.350. The third-order valence-electron chi connectivity index (χ3n) is 5.07. The van der Waals surface area contributed by atoms with Gasteiger partial charge in [-0.2, -0.15) is 0 Å². The number of benzene rings is 1. The van der Waals surface area contributed by atoms with Gasteiger partial charge in [-0.3, -0.25) is 14.4 Å². The van der Waals surface area contributed by atoms with Crippen molar-refractivity contribution >= 4 is 17.5 Å². The molecular weight excluding hydrogens is 330 g/mol. The summed E-state index contributed by atoms with van der Waals surface area (Å²) in [6, 6.07) is 11.5. The standard InChI is InChI=1S/C20H23N3O3/c1-4-13(2)18-19(25)21-15-9-6-5-8-14(15)12-23(18)20(26)16-10-7-11-17(24)22(16)3/h5-11,13,18H,4,12H2,1-3H3,(H,21,25)/t13-,18-/m0/s1. The lowest BCUT2D eigenvalue weighted by atomic mass is 9.96. The Hall–Kier alpha value is -2.89. The number of nitrogens with one attached hydrogen (secondary N) is 1. The third-order valence-corrected chi connectivity index (χ3v) is 5.07. The smallest absolute Gasteiger partial charge is 0.271 e. The Kier molecular flexibility index (Phi) is 4.93. The first-order valence-electron chi connectivity index (χ1n) is 8.79. The Balaban J connectivity index is 2.10. The monoisotopic (exact) mass is 353 g/mol. The fourth-order valence-electron chi connectivity index (χ4n) is 3.32. The van der Waals surface area contributed by atoms with Gasteiger partial charge in [-0.05, 0) is 23.6 Å². The van der Waals surface area contributed by atoms with Crippen LogP contribution >= 0.6 is 0 Å². The van der Waals surface area contributed by atoms with Crippen LogP contribution in [0.4, 0.5) is 5.69 Å². The van der Waals surface area contributed by atoms with Crippen LogP contribution in [0.1, 0.15) is 36.3 Å². The van der Waals surface area contributed by atoms with Crippen molar-refractivity contribution in [2.75, 3.05) is 5.32 Å². The van der Waals surface area contributed by atoms with Gasteiger partial charge in [-0.15, -0.1) is 0 Å². The van der Waals surface area contributed by atoms with E-state index in [9.17, 15) is 14.4 Å². The van der Waals surface area contributed by atoms with Gasteiger partial charge in [0.15, 0.2) is 0 Å². The predicted octanol–water partition coefficient (Wildman–Crippen LogP) is 2.39. The second kappa shape index (κ2) is 7.15. The Morgan fingerprint density at radius 2 is 1.92 bits per heavy atom. The van der Waals surface area contributed by atoms with Crippen LogP contribution in [0.15, 0.2) is 47.3 Å². The summed E-state index contributed by atoms with van der Waals surface area (Å²) in [6.07, 6.45) is 0.756. The Morgan fingerprint density at radius 3 is 2.65 bits per heavy atom. The molecule has 0 saturated carbocycles. The van der Waals surface area contributed by atoms with Gasteiger partial charge in [-0.25, -0.2) is 0 Å². The van der Waals surface area contributed by atoms with E-state index in [4.69, 9.17) is 0 Å². The van der Waals surface area contributed by atoms with Gasteiger partial charge < -0.3 is 14.8 Å². The molecule has 1 aliphatic rings. The lowest BCUT2D eigenvalue weighted by Crippen LogP contribution is -2.49. The number of anilines is 1. The van der Waals surface area contributed by atoms with Crippen molar-refractivity contribution in [2.24, 2.45) is 13.0 Å². The number of hydrogen-bond acceptors (Lipinski definition) is 3. The highest BCUT2D eigenvalue weighted by Gasteiger charge is 2.37. The summed E-state index contributed by atoms with van der Waals surface area (Å²) in [5, 5.41) is 2.95. The average Bonchev–Trinajstić information content (AvgIpc) is 2.78. The summed E-state index contributed by atoms with van der Waals surface area (Å²) in [5.41, 5.74) is 1.62. The summed E-state index contributed by atoms with van der Waals surface area (Å²) in [7, 11) is 1.57. The fourth-order valence-corrected chi connectivity index (χ4v) is 3.32. The van der Waals surface area contributed by atoms with E-state index in [0.717, 1.165) is 17.7 Å². The van der Waals surface area contributed by atoms with Crippen molar-refractivity contribution < 1.29 is 9.59 Å². The zero-order chi connectivity index (χ0) is 18.8. The normalized spacial score (nSPS) is 17.9. The molecule has 2 aromatic rings. The van der Waals surface area contributed by atoms with Crippen molar-refractivity contribution in [3.05, 3.63) is 64.1 Å². The molecule has 0 aliphatic carbocycles. The largest absolute Gasteiger partial charge is 0.324 e. The Bertz CT molecular complexity index is 903. The van der Waals surface area contributed by atoms with Crippen LogP contribution in [0, 0.1) is 5.92 Å². The van der Waals surface area contributed by atoms with E-state index in [1.807, 2.05) is 38.1 Å². The number of hydrogen-bond donors (Lipinski definition) is 1. The number of aromatic nitrogens is 1. The van der Waals surface area contributed by atoms with Crippen LogP contribution in [0.5, 0.6) is 0 Å². The quantitative estimate of drug-likeness (QED) is 0.921. The number of pyridine rings is 1. The summed E-state index contributed by atoms with van der Waals surface area (Å²) in [4.78, 5) is 39.7. The van der Waals surface area contributed by atoms with E-state index < -0.39 is 6.04 Å². The van der Waals surface area contributed by atoms with Crippen LogP contribution in [0.2, 0.25) is 0 Å². The molecule has 0 saturated heterocycles. The molecule has 2 amide bonds. The van der Waals surface area contributed by atoms with E-state index in [-0.39, 0.29) is 29.0 Å². The van der Waals surface area contributed by atoms with Crippen molar-refractivity contribution in [3.63, 3.8) is 0 Å². The highest BCUT2D eigenvalue weighted by molar-refractivity contribution is 6.02. The van der Waals surface area contributed by atoms with Gasteiger partial charge in [0.05, 0.1) is 0 Å².